The average molecular weight is 385 g/mol. The number of fused-ring (bicyclic) bond motifs is 1. The molecule has 2 heterocycles. The van der Waals surface area contributed by atoms with Crippen LogP contribution < -0.4 is 14.8 Å². The first-order valence-electron chi connectivity index (χ1n) is 9.24. The fraction of sp³-hybridized carbons (Fsp3) is 0.381. The van der Waals surface area contributed by atoms with Gasteiger partial charge in [0.15, 0.2) is 11.5 Å². The number of hydrogen-bond acceptors (Lipinski definition) is 4. The summed E-state index contributed by atoms with van der Waals surface area (Å²) in [5, 5.41) is 3.40. The molecule has 2 amide bonds. The summed E-state index contributed by atoms with van der Waals surface area (Å²) >= 11 is 1.90. The highest BCUT2D eigenvalue weighted by Gasteiger charge is 2.24. The Bertz CT molecular complexity index is 855. The van der Waals surface area contributed by atoms with Crippen LogP contribution in [0.15, 0.2) is 36.4 Å². The van der Waals surface area contributed by atoms with Gasteiger partial charge in [0, 0.05) is 29.8 Å². The van der Waals surface area contributed by atoms with E-state index in [1.54, 1.807) is 0 Å². The predicted molar refractivity (Wildman–Crippen MR) is 109 cm³/mol. The Hall–Kier alpha value is -2.34. The molecule has 2 aliphatic heterocycles. The molecule has 1 N–H and O–H groups in total. The molecular formula is C21H24N2O3S. The maximum Gasteiger partial charge on any atom is 0.321 e. The van der Waals surface area contributed by atoms with Crippen LogP contribution >= 0.6 is 11.8 Å². The Morgan fingerprint density at radius 2 is 1.93 bits per heavy atom. The number of thioether (sulfide) groups is 1. The van der Waals surface area contributed by atoms with Crippen molar-refractivity contribution in [2.45, 2.75) is 25.5 Å². The van der Waals surface area contributed by atoms with Crippen LogP contribution in [-0.4, -0.2) is 36.6 Å². The Kier molecular flexibility index (Phi) is 5.16. The summed E-state index contributed by atoms with van der Waals surface area (Å²) in [6, 6.07) is 12.2. The fourth-order valence-electron chi connectivity index (χ4n) is 3.37. The predicted octanol–water partition coefficient (Wildman–Crippen LogP) is 4.74. The Morgan fingerprint density at radius 3 is 2.78 bits per heavy atom. The largest absolute Gasteiger partial charge is 0.454 e. The fourth-order valence-corrected chi connectivity index (χ4v) is 4.60. The van der Waals surface area contributed by atoms with Gasteiger partial charge >= 0.3 is 6.03 Å². The van der Waals surface area contributed by atoms with Crippen molar-refractivity contribution in [1.29, 1.82) is 0 Å². The highest BCUT2D eigenvalue weighted by molar-refractivity contribution is 7.99. The summed E-state index contributed by atoms with van der Waals surface area (Å²) in [6.45, 7) is 5.92. The number of ether oxygens (including phenoxy) is 2. The number of anilines is 1. The van der Waals surface area contributed by atoms with Crippen LogP contribution in [0.4, 0.5) is 10.5 Å². The lowest BCUT2D eigenvalue weighted by atomic mass is 10.1. The zero-order chi connectivity index (χ0) is 18.8. The van der Waals surface area contributed by atoms with E-state index >= 15 is 0 Å². The summed E-state index contributed by atoms with van der Waals surface area (Å²) < 4.78 is 10.9. The molecule has 0 radical (unpaired) electrons. The SMILES string of the molecule is Cc1ccc(NC(=O)N2CCSC(c3ccc4c(c3)OCO4)CC2)cc1C. The van der Waals surface area contributed by atoms with Crippen LogP contribution in [0.1, 0.15) is 28.4 Å². The quantitative estimate of drug-likeness (QED) is 0.812. The Morgan fingerprint density at radius 1 is 1.07 bits per heavy atom. The van der Waals surface area contributed by atoms with Crippen LogP contribution in [0.5, 0.6) is 11.5 Å². The second-order valence-corrected chi connectivity index (χ2v) is 8.29. The van der Waals surface area contributed by atoms with Crippen molar-refractivity contribution in [3.8, 4) is 11.5 Å². The van der Waals surface area contributed by atoms with Gasteiger partial charge in [-0.05, 0) is 61.2 Å². The van der Waals surface area contributed by atoms with Crippen LogP contribution in [0.3, 0.4) is 0 Å². The van der Waals surface area contributed by atoms with Gasteiger partial charge in [-0.2, -0.15) is 11.8 Å². The molecule has 0 saturated carbocycles. The second kappa shape index (κ2) is 7.72. The maximum absolute atomic E-state index is 12.7. The number of aryl methyl sites for hydroxylation is 2. The number of urea groups is 1. The maximum atomic E-state index is 12.7. The van der Waals surface area contributed by atoms with Crippen molar-refractivity contribution in [2.24, 2.45) is 0 Å². The zero-order valence-electron chi connectivity index (χ0n) is 15.7. The molecule has 4 rings (SSSR count). The molecule has 0 spiro atoms. The summed E-state index contributed by atoms with van der Waals surface area (Å²) in [4.78, 5) is 14.6. The van der Waals surface area contributed by atoms with Crippen molar-refractivity contribution >= 4 is 23.5 Å². The number of carbonyl (C=O) groups is 1. The third kappa shape index (κ3) is 4.00. The molecule has 5 nitrogen and oxygen atoms in total. The smallest absolute Gasteiger partial charge is 0.321 e. The van der Waals surface area contributed by atoms with Crippen molar-refractivity contribution in [1.82, 2.24) is 4.90 Å². The van der Waals surface area contributed by atoms with E-state index in [2.05, 4.69) is 31.3 Å². The number of hydrogen-bond donors (Lipinski definition) is 1. The molecule has 0 aliphatic carbocycles. The lowest BCUT2D eigenvalue weighted by molar-refractivity contribution is 0.174. The molecule has 2 aromatic rings. The molecule has 1 saturated heterocycles. The molecular weight excluding hydrogens is 360 g/mol. The number of nitrogens with zero attached hydrogens (tertiary/aromatic N) is 1. The molecule has 1 unspecified atom stereocenters. The topological polar surface area (TPSA) is 50.8 Å². The minimum atomic E-state index is -0.0230. The average Bonchev–Trinajstić information content (AvgIpc) is 2.99. The molecule has 0 aromatic heterocycles. The normalized spacial score (nSPS) is 18.9. The van der Waals surface area contributed by atoms with Crippen molar-refractivity contribution in [3.63, 3.8) is 0 Å². The van der Waals surface area contributed by atoms with Crippen molar-refractivity contribution in [3.05, 3.63) is 53.1 Å². The van der Waals surface area contributed by atoms with Gasteiger partial charge in [0.1, 0.15) is 0 Å². The van der Waals surface area contributed by atoms with Gasteiger partial charge in [0.2, 0.25) is 6.79 Å². The summed E-state index contributed by atoms with van der Waals surface area (Å²) in [5.74, 6) is 2.55. The molecule has 0 bridgehead atoms. The molecule has 2 aliphatic rings. The van der Waals surface area contributed by atoms with E-state index in [0.29, 0.717) is 12.0 Å². The standard InChI is InChI=1S/C21H24N2O3S/c1-14-3-5-17(11-15(14)2)22-21(24)23-8-7-20(27-10-9-23)16-4-6-18-19(12-16)26-13-25-18/h3-6,11-12,20H,7-10,13H2,1-2H3,(H,22,24). The second-order valence-electron chi connectivity index (χ2n) is 6.98. The van der Waals surface area contributed by atoms with Crippen LogP contribution in [0.2, 0.25) is 0 Å². The monoisotopic (exact) mass is 384 g/mol. The molecule has 27 heavy (non-hydrogen) atoms. The molecule has 6 heteroatoms. The molecule has 2 aromatic carbocycles. The lowest BCUT2D eigenvalue weighted by Gasteiger charge is -2.21. The minimum Gasteiger partial charge on any atom is -0.454 e. The third-order valence-electron chi connectivity index (χ3n) is 5.16. The van der Waals surface area contributed by atoms with Crippen molar-refractivity contribution in [2.75, 3.05) is 31.0 Å². The first-order valence-corrected chi connectivity index (χ1v) is 10.3. The van der Waals surface area contributed by atoms with Gasteiger partial charge in [0.25, 0.3) is 0 Å². The van der Waals surface area contributed by atoms with Crippen LogP contribution in [0.25, 0.3) is 0 Å². The van der Waals surface area contributed by atoms with Crippen molar-refractivity contribution < 1.29 is 14.3 Å². The Labute approximate surface area is 164 Å². The first-order chi connectivity index (χ1) is 13.1. The van der Waals surface area contributed by atoms with Gasteiger partial charge in [-0.1, -0.05) is 12.1 Å². The highest BCUT2D eigenvalue weighted by atomic mass is 32.2. The number of nitrogens with one attached hydrogen (secondary N) is 1. The van der Waals surface area contributed by atoms with Crippen LogP contribution in [0, 0.1) is 13.8 Å². The highest BCUT2D eigenvalue weighted by Crippen LogP contribution is 2.40. The first kappa shape index (κ1) is 18.0. The molecule has 142 valence electrons. The van der Waals surface area contributed by atoms with E-state index in [4.69, 9.17) is 9.47 Å². The summed E-state index contributed by atoms with van der Waals surface area (Å²) in [5.41, 5.74) is 4.50. The van der Waals surface area contributed by atoms with Gasteiger partial charge in [0.05, 0.1) is 0 Å². The van der Waals surface area contributed by atoms with E-state index in [9.17, 15) is 4.79 Å². The Balaban J connectivity index is 1.39. The van der Waals surface area contributed by atoms with Crippen LogP contribution in [-0.2, 0) is 0 Å². The van der Waals surface area contributed by atoms with E-state index < -0.39 is 0 Å². The van der Waals surface area contributed by atoms with Gasteiger partial charge in [-0.3, -0.25) is 0 Å². The van der Waals surface area contributed by atoms with Gasteiger partial charge in [-0.15, -0.1) is 0 Å². The van der Waals surface area contributed by atoms with E-state index in [-0.39, 0.29) is 6.03 Å². The summed E-state index contributed by atoms with van der Waals surface area (Å²) in [7, 11) is 0. The molecule has 1 atom stereocenters. The molecule has 1 fully saturated rings. The van der Waals surface area contributed by atoms with Gasteiger partial charge in [-0.25, -0.2) is 4.79 Å². The van der Waals surface area contributed by atoms with E-state index in [1.165, 1.54) is 16.7 Å². The number of carbonyl (C=O) groups excluding carboxylic acids is 1. The minimum absolute atomic E-state index is 0.0230. The zero-order valence-corrected chi connectivity index (χ0v) is 16.5. The van der Waals surface area contributed by atoms with E-state index in [1.807, 2.05) is 40.9 Å². The number of rotatable bonds is 2. The summed E-state index contributed by atoms with van der Waals surface area (Å²) in [6.07, 6.45) is 0.921. The van der Waals surface area contributed by atoms with E-state index in [0.717, 1.165) is 42.4 Å². The number of amides is 2. The van der Waals surface area contributed by atoms with Gasteiger partial charge < -0.3 is 19.7 Å². The number of benzene rings is 2. The lowest BCUT2D eigenvalue weighted by Crippen LogP contribution is -2.36. The third-order valence-corrected chi connectivity index (χ3v) is 6.48.